The Morgan fingerprint density at radius 3 is 2.56 bits per heavy atom. The van der Waals surface area contributed by atoms with Crippen molar-refractivity contribution in [2.45, 2.75) is 11.8 Å². The highest BCUT2D eigenvalue weighted by atomic mass is 16.5. The number of allylic oxidation sites excluding steroid dienone is 2. The van der Waals surface area contributed by atoms with Gasteiger partial charge in [-0.1, -0.05) is 42.5 Å². The summed E-state index contributed by atoms with van der Waals surface area (Å²) in [7, 11) is 1.49. The lowest BCUT2D eigenvalue weighted by atomic mass is 9.91. The maximum Gasteiger partial charge on any atom is 0.192 e. The third-order valence-electron chi connectivity index (χ3n) is 3.06. The molecule has 1 aromatic rings. The van der Waals surface area contributed by atoms with E-state index in [0.29, 0.717) is 11.1 Å². The maximum atomic E-state index is 12.2. The van der Waals surface area contributed by atoms with Crippen molar-refractivity contribution in [1.29, 1.82) is 0 Å². The average Bonchev–Trinajstić information content (AvgIpc) is 2.42. The molecule has 18 heavy (non-hydrogen) atoms. The van der Waals surface area contributed by atoms with Crippen LogP contribution in [0.4, 0.5) is 0 Å². The number of hydrogen-bond donors (Lipinski definition) is 2. The first-order valence-electron chi connectivity index (χ1n) is 5.67. The number of ketones is 1. The largest absolute Gasteiger partial charge is 0.358 e. The predicted octanol–water partition coefficient (Wildman–Crippen LogP) is 0.994. The molecule has 0 bridgehead atoms. The van der Waals surface area contributed by atoms with E-state index in [-0.39, 0.29) is 5.78 Å². The van der Waals surface area contributed by atoms with Gasteiger partial charge in [-0.25, -0.2) is 0 Å². The lowest BCUT2D eigenvalue weighted by Gasteiger charge is -2.31. The second kappa shape index (κ2) is 4.86. The van der Waals surface area contributed by atoms with Gasteiger partial charge in [-0.05, 0) is 6.08 Å². The Hall–Kier alpha value is -1.75. The summed E-state index contributed by atoms with van der Waals surface area (Å²) >= 11 is 0. The Balaban J connectivity index is 2.25. The quantitative estimate of drug-likeness (QED) is 0.614. The number of Topliss-reactive ketones (excluding diaryl/α,β-unsaturated/α-hetero) is 1. The fourth-order valence-corrected chi connectivity index (χ4v) is 1.82. The van der Waals surface area contributed by atoms with Crippen LogP contribution in [0.5, 0.6) is 0 Å². The van der Waals surface area contributed by atoms with Crippen molar-refractivity contribution in [1.82, 2.24) is 0 Å². The van der Waals surface area contributed by atoms with Gasteiger partial charge in [0.2, 0.25) is 0 Å². The topological polar surface area (TPSA) is 78.3 Å². The van der Waals surface area contributed by atoms with Crippen molar-refractivity contribution in [2.24, 2.45) is 11.5 Å². The molecule has 0 amide bonds. The molecule has 4 N–H and O–H groups in total. The van der Waals surface area contributed by atoms with E-state index < -0.39 is 11.8 Å². The van der Waals surface area contributed by atoms with Crippen LogP contribution in [0.25, 0.3) is 0 Å². The van der Waals surface area contributed by atoms with Gasteiger partial charge in [0.1, 0.15) is 0 Å². The Bertz CT molecular complexity index is 508. The van der Waals surface area contributed by atoms with Gasteiger partial charge in [-0.2, -0.15) is 0 Å². The number of methoxy groups -OCH3 is 1. The van der Waals surface area contributed by atoms with E-state index in [1.807, 2.05) is 18.2 Å². The number of benzene rings is 1. The number of nitrogens with two attached hydrogens (primary N) is 2. The van der Waals surface area contributed by atoms with Gasteiger partial charge < -0.3 is 10.5 Å². The molecular weight excluding hydrogens is 228 g/mol. The summed E-state index contributed by atoms with van der Waals surface area (Å²) in [5, 5.41) is 0. The van der Waals surface area contributed by atoms with Gasteiger partial charge in [-0.15, -0.1) is 0 Å². The second-order valence-corrected chi connectivity index (χ2v) is 4.23. The predicted molar refractivity (Wildman–Crippen MR) is 69.9 cm³/mol. The Kier molecular flexibility index (Phi) is 3.43. The molecule has 0 aromatic heterocycles. The smallest absolute Gasteiger partial charge is 0.192 e. The van der Waals surface area contributed by atoms with Crippen LogP contribution in [0.2, 0.25) is 0 Å². The van der Waals surface area contributed by atoms with Crippen molar-refractivity contribution < 1.29 is 9.53 Å². The minimum atomic E-state index is -1.04. The number of carbonyl (C=O) groups excluding carboxylic acids is 1. The lowest BCUT2D eigenvalue weighted by Crippen LogP contribution is -2.55. The highest BCUT2D eigenvalue weighted by Crippen LogP contribution is 2.21. The molecular formula is C14H16N2O2. The van der Waals surface area contributed by atoms with E-state index >= 15 is 0 Å². The van der Waals surface area contributed by atoms with E-state index in [9.17, 15) is 4.79 Å². The van der Waals surface area contributed by atoms with Gasteiger partial charge in [-0.3, -0.25) is 10.5 Å². The Labute approximate surface area is 106 Å². The van der Waals surface area contributed by atoms with Crippen LogP contribution >= 0.6 is 0 Å². The number of rotatable bonds is 3. The van der Waals surface area contributed by atoms with Crippen molar-refractivity contribution in [3.63, 3.8) is 0 Å². The summed E-state index contributed by atoms with van der Waals surface area (Å²) in [6.07, 6.45) is 4.91. The number of hydrogen-bond acceptors (Lipinski definition) is 4. The van der Waals surface area contributed by atoms with Crippen LogP contribution in [-0.4, -0.2) is 24.7 Å². The molecule has 4 nitrogen and oxygen atoms in total. The highest BCUT2D eigenvalue weighted by molar-refractivity contribution is 6.10. The van der Waals surface area contributed by atoms with Crippen LogP contribution in [0, 0.1) is 0 Å². The average molecular weight is 244 g/mol. The van der Waals surface area contributed by atoms with Crippen molar-refractivity contribution in [2.75, 3.05) is 7.11 Å². The summed E-state index contributed by atoms with van der Waals surface area (Å²) in [5.74, 6) is -0.0690. The summed E-state index contributed by atoms with van der Waals surface area (Å²) in [5.41, 5.74) is 11.9. The molecule has 0 fully saturated rings. The molecule has 1 aliphatic carbocycles. The molecule has 0 spiro atoms. The highest BCUT2D eigenvalue weighted by Gasteiger charge is 2.32. The minimum absolute atomic E-state index is 0.0690. The second-order valence-electron chi connectivity index (χ2n) is 4.23. The van der Waals surface area contributed by atoms with Crippen molar-refractivity contribution in [3.05, 3.63) is 59.7 Å². The van der Waals surface area contributed by atoms with Crippen LogP contribution in [0.15, 0.2) is 54.1 Å². The van der Waals surface area contributed by atoms with E-state index in [1.165, 1.54) is 7.11 Å². The molecule has 4 heteroatoms. The molecule has 2 atom stereocenters. The van der Waals surface area contributed by atoms with Gasteiger partial charge in [0.15, 0.2) is 11.5 Å². The molecule has 2 unspecified atom stereocenters. The lowest BCUT2D eigenvalue weighted by molar-refractivity contribution is 0.0261. The molecule has 0 heterocycles. The van der Waals surface area contributed by atoms with Crippen molar-refractivity contribution >= 4 is 5.78 Å². The van der Waals surface area contributed by atoms with E-state index in [2.05, 4.69) is 0 Å². The molecule has 0 saturated heterocycles. The number of carbonyl (C=O) groups is 1. The third-order valence-corrected chi connectivity index (χ3v) is 3.06. The van der Waals surface area contributed by atoms with E-state index in [1.54, 1.807) is 30.4 Å². The van der Waals surface area contributed by atoms with Crippen LogP contribution < -0.4 is 11.5 Å². The maximum absolute atomic E-state index is 12.2. The van der Waals surface area contributed by atoms with E-state index in [0.717, 1.165) is 0 Å². The molecule has 94 valence electrons. The van der Waals surface area contributed by atoms with Gasteiger partial charge in [0, 0.05) is 18.2 Å². The zero-order valence-corrected chi connectivity index (χ0v) is 10.2. The zero-order chi connectivity index (χ0) is 13.2. The first-order chi connectivity index (χ1) is 8.57. The summed E-state index contributed by atoms with van der Waals surface area (Å²) in [6, 6.07) is 8.50. The first kappa shape index (κ1) is 12.7. The minimum Gasteiger partial charge on any atom is -0.358 e. The van der Waals surface area contributed by atoms with Crippen LogP contribution in [0.3, 0.4) is 0 Å². The van der Waals surface area contributed by atoms with Gasteiger partial charge in [0.25, 0.3) is 0 Å². The SMILES string of the molecule is COC1(N)C=CC(C(=O)c2ccccc2)=CC1N. The molecule has 0 aliphatic heterocycles. The molecule has 0 radical (unpaired) electrons. The standard InChI is InChI=1S/C14H16N2O2/c1-18-14(16)8-7-11(9-12(14)15)13(17)10-5-3-2-4-6-10/h2-9,12H,15-16H2,1H3. The molecule has 1 aromatic carbocycles. The monoisotopic (exact) mass is 244 g/mol. The summed E-state index contributed by atoms with van der Waals surface area (Å²) in [4.78, 5) is 12.2. The summed E-state index contributed by atoms with van der Waals surface area (Å²) in [6.45, 7) is 0. The number of ether oxygens (including phenoxy) is 1. The third kappa shape index (κ3) is 2.26. The van der Waals surface area contributed by atoms with Crippen LogP contribution in [0.1, 0.15) is 10.4 Å². The fourth-order valence-electron chi connectivity index (χ4n) is 1.82. The molecule has 2 rings (SSSR count). The normalized spacial score (nSPS) is 26.8. The zero-order valence-electron chi connectivity index (χ0n) is 10.2. The molecule has 1 aliphatic rings. The molecule has 0 saturated carbocycles. The van der Waals surface area contributed by atoms with E-state index in [4.69, 9.17) is 16.2 Å². The van der Waals surface area contributed by atoms with Crippen molar-refractivity contribution in [3.8, 4) is 0 Å². The van der Waals surface area contributed by atoms with Gasteiger partial charge >= 0.3 is 0 Å². The Morgan fingerprint density at radius 1 is 1.33 bits per heavy atom. The van der Waals surface area contributed by atoms with Crippen LogP contribution in [-0.2, 0) is 4.74 Å². The first-order valence-corrected chi connectivity index (χ1v) is 5.67. The van der Waals surface area contributed by atoms with Gasteiger partial charge in [0.05, 0.1) is 6.04 Å². The Morgan fingerprint density at radius 2 is 2.00 bits per heavy atom. The summed E-state index contributed by atoms with van der Waals surface area (Å²) < 4.78 is 5.13. The fraction of sp³-hybridized carbons (Fsp3) is 0.214.